The van der Waals surface area contributed by atoms with Gasteiger partial charge in [-0.25, -0.2) is 9.97 Å². The van der Waals surface area contributed by atoms with Gasteiger partial charge in [-0.2, -0.15) is 0 Å². The van der Waals surface area contributed by atoms with Crippen LogP contribution in [0.3, 0.4) is 0 Å². The van der Waals surface area contributed by atoms with Crippen LogP contribution in [0.25, 0.3) is 10.9 Å². The standard InChI is InChI=1S/C18H16BrN3O2/c1-11-3-5-14(7-12(11)2)22-17(23)9-24-18-15-8-13(19)4-6-16(15)20-10-21-18/h3-8,10H,9H2,1-2H3,(H,22,23). The molecule has 122 valence electrons. The number of anilines is 1. The number of ether oxygens (including phenoxy) is 1. The zero-order valence-corrected chi connectivity index (χ0v) is 14.9. The molecule has 5 nitrogen and oxygen atoms in total. The molecule has 0 radical (unpaired) electrons. The number of fused-ring (bicyclic) bond motifs is 1. The molecule has 0 spiro atoms. The highest BCUT2D eigenvalue weighted by Gasteiger charge is 2.09. The molecule has 24 heavy (non-hydrogen) atoms. The second kappa shape index (κ2) is 6.97. The average Bonchev–Trinajstić information content (AvgIpc) is 2.56. The lowest BCUT2D eigenvalue weighted by Crippen LogP contribution is -2.20. The van der Waals surface area contributed by atoms with Crippen LogP contribution < -0.4 is 10.1 Å². The molecule has 0 atom stereocenters. The largest absolute Gasteiger partial charge is 0.467 e. The SMILES string of the molecule is Cc1ccc(NC(=O)COc2ncnc3ccc(Br)cc23)cc1C. The molecule has 0 aliphatic carbocycles. The second-order valence-corrected chi connectivity index (χ2v) is 6.39. The van der Waals surface area contributed by atoms with Crippen LogP contribution in [0.4, 0.5) is 5.69 Å². The fourth-order valence-electron chi connectivity index (χ4n) is 2.27. The van der Waals surface area contributed by atoms with Gasteiger partial charge in [0.25, 0.3) is 5.91 Å². The van der Waals surface area contributed by atoms with Crippen LogP contribution in [-0.2, 0) is 4.79 Å². The number of hydrogen-bond acceptors (Lipinski definition) is 4. The molecule has 0 saturated heterocycles. The molecule has 1 N–H and O–H groups in total. The van der Waals surface area contributed by atoms with Gasteiger partial charge in [0.05, 0.1) is 10.9 Å². The fraction of sp³-hybridized carbons (Fsp3) is 0.167. The summed E-state index contributed by atoms with van der Waals surface area (Å²) < 4.78 is 6.48. The van der Waals surface area contributed by atoms with Gasteiger partial charge in [0.2, 0.25) is 5.88 Å². The van der Waals surface area contributed by atoms with E-state index in [2.05, 4.69) is 31.2 Å². The molecule has 0 fully saturated rings. The minimum atomic E-state index is -0.236. The average molecular weight is 386 g/mol. The first-order chi connectivity index (χ1) is 11.5. The van der Waals surface area contributed by atoms with Crippen LogP contribution in [0.15, 0.2) is 47.2 Å². The molecule has 3 rings (SSSR count). The molecule has 0 saturated carbocycles. The first-order valence-corrected chi connectivity index (χ1v) is 8.22. The van der Waals surface area contributed by atoms with Crippen LogP contribution in [-0.4, -0.2) is 22.5 Å². The van der Waals surface area contributed by atoms with E-state index in [1.54, 1.807) is 0 Å². The number of rotatable bonds is 4. The number of nitrogens with one attached hydrogen (secondary N) is 1. The Hall–Kier alpha value is -2.47. The maximum atomic E-state index is 12.1. The van der Waals surface area contributed by atoms with E-state index < -0.39 is 0 Å². The molecule has 1 aromatic heterocycles. The second-order valence-electron chi connectivity index (χ2n) is 5.48. The van der Waals surface area contributed by atoms with E-state index in [0.717, 1.165) is 26.6 Å². The Balaban J connectivity index is 1.70. The lowest BCUT2D eigenvalue weighted by molar-refractivity contribution is -0.118. The predicted octanol–water partition coefficient (Wildman–Crippen LogP) is 4.03. The molecule has 0 bridgehead atoms. The third-order valence-electron chi connectivity index (χ3n) is 3.69. The summed E-state index contributed by atoms with van der Waals surface area (Å²) in [4.78, 5) is 20.4. The third-order valence-corrected chi connectivity index (χ3v) is 4.18. The van der Waals surface area contributed by atoms with Crippen molar-refractivity contribution in [2.75, 3.05) is 11.9 Å². The van der Waals surface area contributed by atoms with Crippen molar-refractivity contribution in [2.24, 2.45) is 0 Å². The molecule has 1 amide bonds. The Kier molecular flexibility index (Phi) is 4.76. The van der Waals surface area contributed by atoms with Gasteiger partial charge in [0, 0.05) is 10.2 Å². The number of aromatic nitrogens is 2. The highest BCUT2D eigenvalue weighted by Crippen LogP contribution is 2.24. The zero-order valence-electron chi connectivity index (χ0n) is 13.3. The first kappa shape index (κ1) is 16.4. The number of amides is 1. The Morgan fingerprint density at radius 2 is 1.96 bits per heavy atom. The third kappa shape index (κ3) is 3.71. The predicted molar refractivity (Wildman–Crippen MR) is 97.3 cm³/mol. The van der Waals surface area contributed by atoms with Gasteiger partial charge in [-0.15, -0.1) is 0 Å². The van der Waals surface area contributed by atoms with E-state index in [1.165, 1.54) is 11.9 Å². The fourth-order valence-corrected chi connectivity index (χ4v) is 2.63. The molecule has 3 aromatic rings. The van der Waals surface area contributed by atoms with Gasteiger partial charge < -0.3 is 10.1 Å². The maximum absolute atomic E-state index is 12.1. The maximum Gasteiger partial charge on any atom is 0.262 e. The van der Waals surface area contributed by atoms with Gasteiger partial charge in [-0.05, 0) is 55.3 Å². The molecule has 2 aromatic carbocycles. The number of nitrogens with zero attached hydrogens (tertiary/aromatic N) is 2. The molecule has 0 aliphatic rings. The highest BCUT2D eigenvalue weighted by atomic mass is 79.9. The normalized spacial score (nSPS) is 10.6. The topological polar surface area (TPSA) is 64.1 Å². The number of hydrogen-bond donors (Lipinski definition) is 1. The summed E-state index contributed by atoms with van der Waals surface area (Å²) in [5.74, 6) is 0.150. The van der Waals surface area contributed by atoms with Crippen molar-refractivity contribution in [3.8, 4) is 5.88 Å². The van der Waals surface area contributed by atoms with Crippen molar-refractivity contribution in [1.29, 1.82) is 0 Å². The number of carbonyl (C=O) groups excluding carboxylic acids is 1. The van der Waals surface area contributed by atoms with Crippen molar-refractivity contribution in [2.45, 2.75) is 13.8 Å². The Labute approximate surface area is 148 Å². The van der Waals surface area contributed by atoms with Gasteiger partial charge >= 0.3 is 0 Å². The minimum Gasteiger partial charge on any atom is -0.467 e. The minimum absolute atomic E-state index is 0.119. The lowest BCUT2D eigenvalue weighted by Gasteiger charge is -2.10. The van der Waals surface area contributed by atoms with Crippen molar-refractivity contribution < 1.29 is 9.53 Å². The number of benzene rings is 2. The Morgan fingerprint density at radius 3 is 2.75 bits per heavy atom. The number of halogens is 1. The molecule has 0 aliphatic heterocycles. The van der Waals surface area contributed by atoms with Crippen LogP contribution in [0.5, 0.6) is 5.88 Å². The molecular weight excluding hydrogens is 370 g/mol. The molecule has 1 heterocycles. The quantitative estimate of drug-likeness (QED) is 0.736. The van der Waals surface area contributed by atoms with Crippen LogP contribution in [0.1, 0.15) is 11.1 Å². The van der Waals surface area contributed by atoms with E-state index in [1.807, 2.05) is 50.2 Å². The monoisotopic (exact) mass is 385 g/mol. The summed E-state index contributed by atoms with van der Waals surface area (Å²) in [6, 6.07) is 11.4. The summed E-state index contributed by atoms with van der Waals surface area (Å²) in [6.07, 6.45) is 1.42. The zero-order chi connectivity index (χ0) is 17.1. The van der Waals surface area contributed by atoms with Crippen LogP contribution >= 0.6 is 15.9 Å². The van der Waals surface area contributed by atoms with Gasteiger partial charge in [0.1, 0.15) is 6.33 Å². The lowest BCUT2D eigenvalue weighted by atomic mass is 10.1. The Bertz CT molecular complexity index is 912. The van der Waals surface area contributed by atoms with E-state index in [-0.39, 0.29) is 12.5 Å². The number of aryl methyl sites for hydroxylation is 2. The Morgan fingerprint density at radius 1 is 1.12 bits per heavy atom. The molecule has 6 heteroatoms. The van der Waals surface area contributed by atoms with Gasteiger partial charge in [0.15, 0.2) is 6.61 Å². The van der Waals surface area contributed by atoms with Crippen LogP contribution in [0.2, 0.25) is 0 Å². The summed E-state index contributed by atoms with van der Waals surface area (Å²) in [5, 5.41) is 3.58. The summed E-state index contributed by atoms with van der Waals surface area (Å²) in [5.41, 5.74) is 3.82. The van der Waals surface area contributed by atoms with Crippen molar-refractivity contribution in [1.82, 2.24) is 9.97 Å². The van der Waals surface area contributed by atoms with E-state index >= 15 is 0 Å². The van der Waals surface area contributed by atoms with Crippen LogP contribution in [0, 0.1) is 13.8 Å². The summed E-state index contributed by atoms with van der Waals surface area (Å²) >= 11 is 3.41. The van der Waals surface area contributed by atoms with Crippen molar-refractivity contribution in [3.63, 3.8) is 0 Å². The molecule has 0 unspecified atom stereocenters. The highest BCUT2D eigenvalue weighted by molar-refractivity contribution is 9.10. The van der Waals surface area contributed by atoms with E-state index in [0.29, 0.717) is 5.88 Å². The molecular formula is C18H16BrN3O2. The first-order valence-electron chi connectivity index (χ1n) is 7.43. The number of carbonyl (C=O) groups is 1. The van der Waals surface area contributed by atoms with E-state index in [4.69, 9.17) is 4.74 Å². The van der Waals surface area contributed by atoms with Crippen molar-refractivity contribution >= 4 is 38.4 Å². The smallest absolute Gasteiger partial charge is 0.262 e. The van der Waals surface area contributed by atoms with Gasteiger partial charge in [-0.1, -0.05) is 22.0 Å². The van der Waals surface area contributed by atoms with Crippen molar-refractivity contribution in [3.05, 3.63) is 58.3 Å². The van der Waals surface area contributed by atoms with E-state index in [9.17, 15) is 4.79 Å². The summed E-state index contributed by atoms with van der Waals surface area (Å²) in [6.45, 7) is 3.92. The summed E-state index contributed by atoms with van der Waals surface area (Å²) in [7, 11) is 0. The van der Waals surface area contributed by atoms with Gasteiger partial charge in [-0.3, -0.25) is 4.79 Å².